The lowest BCUT2D eigenvalue weighted by Crippen LogP contribution is -2.45. The third-order valence-corrected chi connectivity index (χ3v) is 10.4. The van der Waals surface area contributed by atoms with Crippen molar-refractivity contribution in [1.82, 2.24) is 24.6 Å². The number of nitrogens with zero attached hydrogens (tertiary/aromatic N) is 5. The van der Waals surface area contributed by atoms with Gasteiger partial charge in [0, 0.05) is 63.7 Å². The van der Waals surface area contributed by atoms with E-state index in [1.54, 1.807) is 0 Å². The molecule has 3 aromatic rings. The molecule has 262 valence electrons. The average Bonchev–Trinajstić information content (AvgIpc) is 3.10. The zero-order chi connectivity index (χ0) is 34.0. The standard InChI is InChI=1S/C39H53N7O3/c40-34-8-4-30(5-9-34)24-32-12-16-45(17-13-32)38(47)28-43-20-22-49-23-21-44(27-37-3-1-2-36(26-43)42-37)29-39(48)46-18-14-33(15-19-46)25-31-6-10-35(41)11-7-31/h1-11,32-33H,12-29,40-41H2. The first-order valence-electron chi connectivity index (χ1n) is 18.1. The first-order chi connectivity index (χ1) is 23.9. The van der Waals surface area contributed by atoms with Crippen LogP contribution in [-0.4, -0.2) is 102 Å². The number of pyridine rings is 1. The molecular formula is C39H53N7O3. The topological polar surface area (TPSA) is 121 Å². The summed E-state index contributed by atoms with van der Waals surface area (Å²) in [5.41, 5.74) is 17.8. The molecule has 2 bridgehead atoms. The van der Waals surface area contributed by atoms with Gasteiger partial charge in [-0.05, 0) is 97.9 Å². The molecule has 2 aromatic carbocycles. The Bertz CT molecular complexity index is 1390. The van der Waals surface area contributed by atoms with Crippen molar-refractivity contribution in [3.63, 3.8) is 0 Å². The van der Waals surface area contributed by atoms with Gasteiger partial charge in [0.1, 0.15) is 0 Å². The molecule has 0 saturated carbocycles. The zero-order valence-electron chi connectivity index (χ0n) is 28.8. The first kappa shape index (κ1) is 34.9. The van der Waals surface area contributed by atoms with E-state index in [0.717, 1.165) is 87.5 Å². The lowest BCUT2D eigenvalue weighted by Gasteiger charge is -2.34. The molecule has 4 heterocycles. The van der Waals surface area contributed by atoms with Crippen LogP contribution < -0.4 is 11.5 Å². The van der Waals surface area contributed by atoms with Gasteiger partial charge in [-0.3, -0.25) is 24.4 Å². The van der Waals surface area contributed by atoms with E-state index in [-0.39, 0.29) is 11.8 Å². The number of ether oxygens (including phenoxy) is 1. The predicted molar refractivity (Wildman–Crippen MR) is 193 cm³/mol. The highest BCUT2D eigenvalue weighted by molar-refractivity contribution is 5.78. The monoisotopic (exact) mass is 667 g/mol. The Balaban J connectivity index is 0.973. The number of benzene rings is 2. The van der Waals surface area contributed by atoms with Crippen molar-refractivity contribution in [2.45, 2.75) is 51.6 Å². The molecule has 10 heteroatoms. The maximum absolute atomic E-state index is 13.4. The molecule has 2 saturated heterocycles. The van der Waals surface area contributed by atoms with Crippen molar-refractivity contribution in [1.29, 1.82) is 0 Å². The van der Waals surface area contributed by atoms with Crippen molar-refractivity contribution in [2.75, 3.05) is 77.0 Å². The summed E-state index contributed by atoms with van der Waals surface area (Å²) >= 11 is 0. The Morgan fingerprint density at radius 1 is 0.612 bits per heavy atom. The lowest BCUT2D eigenvalue weighted by molar-refractivity contribution is -0.134. The van der Waals surface area contributed by atoms with Crippen molar-refractivity contribution in [3.8, 4) is 0 Å². The quantitative estimate of drug-likeness (QED) is 0.348. The fraction of sp³-hybridized carbons (Fsp3) is 0.513. The van der Waals surface area contributed by atoms with E-state index in [1.807, 2.05) is 52.3 Å². The Morgan fingerprint density at radius 2 is 1.02 bits per heavy atom. The van der Waals surface area contributed by atoms with Gasteiger partial charge in [-0.15, -0.1) is 0 Å². The van der Waals surface area contributed by atoms with E-state index < -0.39 is 0 Å². The van der Waals surface area contributed by atoms with Crippen molar-refractivity contribution in [3.05, 3.63) is 89.2 Å². The number of nitrogens with two attached hydrogens (primary N) is 2. The Hall–Kier alpha value is -3.99. The number of carbonyl (C=O) groups excluding carboxylic acids is 2. The summed E-state index contributed by atoms with van der Waals surface area (Å²) in [6.45, 7) is 7.43. The minimum absolute atomic E-state index is 0.174. The van der Waals surface area contributed by atoms with Crippen LogP contribution in [-0.2, 0) is 40.3 Å². The van der Waals surface area contributed by atoms with E-state index in [9.17, 15) is 9.59 Å². The normalized spacial score (nSPS) is 19.3. The summed E-state index contributed by atoms with van der Waals surface area (Å²) in [5.74, 6) is 1.52. The number of likely N-dealkylation sites (tertiary alicyclic amines) is 2. The Morgan fingerprint density at radius 3 is 1.43 bits per heavy atom. The zero-order valence-corrected chi connectivity index (χ0v) is 28.8. The van der Waals surface area contributed by atoms with Crippen LogP contribution in [0.3, 0.4) is 0 Å². The molecule has 0 atom stereocenters. The molecule has 3 aliphatic heterocycles. The van der Waals surface area contributed by atoms with Gasteiger partial charge in [0.25, 0.3) is 0 Å². The van der Waals surface area contributed by atoms with Crippen LogP contribution in [0.25, 0.3) is 0 Å². The maximum Gasteiger partial charge on any atom is 0.236 e. The number of nitrogen functional groups attached to an aromatic ring is 2. The lowest BCUT2D eigenvalue weighted by atomic mass is 9.90. The van der Waals surface area contributed by atoms with Crippen LogP contribution in [0.1, 0.15) is 48.2 Å². The minimum Gasteiger partial charge on any atom is -0.399 e. The number of carbonyl (C=O) groups is 2. The van der Waals surface area contributed by atoms with Gasteiger partial charge in [0.05, 0.1) is 37.7 Å². The third kappa shape index (κ3) is 10.5. The number of hydrogen-bond donors (Lipinski definition) is 2. The second kappa shape index (κ2) is 17.1. The molecule has 6 rings (SSSR count). The van der Waals surface area contributed by atoms with Gasteiger partial charge < -0.3 is 26.0 Å². The van der Waals surface area contributed by atoms with Crippen molar-refractivity contribution < 1.29 is 14.3 Å². The number of hydrogen-bond acceptors (Lipinski definition) is 8. The van der Waals surface area contributed by atoms with Gasteiger partial charge in [0.15, 0.2) is 0 Å². The van der Waals surface area contributed by atoms with E-state index >= 15 is 0 Å². The molecule has 4 N–H and O–H groups in total. The third-order valence-electron chi connectivity index (χ3n) is 10.4. The number of fused-ring (bicyclic) bond motifs is 2. The average molecular weight is 668 g/mol. The fourth-order valence-electron chi connectivity index (χ4n) is 7.41. The van der Waals surface area contributed by atoms with Crippen LogP contribution in [0.5, 0.6) is 0 Å². The highest BCUT2D eigenvalue weighted by atomic mass is 16.5. The van der Waals surface area contributed by atoms with E-state index in [4.69, 9.17) is 21.2 Å². The van der Waals surface area contributed by atoms with Crippen LogP contribution >= 0.6 is 0 Å². The maximum atomic E-state index is 13.4. The Kier molecular flexibility index (Phi) is 12.2. The second-order valence-electron chi connectivity index (χ2n) is 14.2. The highest BCUT2D eigenvalue weighted by Crippen LogP contribution is 2.24. The van der Waals surface area contributed by atoms with E-state index in [1.165, 1.54) is 11.1 Å². The summed E-state index contributed by atoms with van der Waals surface area (Å²) in [7, 11) is 0. The van der Waals surface area contributed by atoms with Gasteiger partial charge in [-0.1, -0.05) is 30.3 Å². The molecule has 3 aliphatic rings. The molecular weight excluding hydrogens is 614 g/mol. The first-order valence-corrected chi connectivity index (χ1v) is 18.1. The fourth-order valence-corrected chi connectivity index (χ4v) is 7.41. The van der Waals surface area contributed by atoms with Crippen LogP contribution in [0, 0.1) is 11.8 Å². The van der Waals surface area contributed by atoms with E-state index in [2.05, 4.69) is 34.1 Å². The Labute approximate surface area is 291 Å². The van der Waals surface area contributed by atoms with Crippen LogP contribution in [0.4, 0.5) is 11.4 Å². The SMILES string of the molecule is Nc1ccc(CC2CCN(C(=O)CN3CCOCCN(CC(=O)N4CCC(Cc5ccc(N)cc5)CC4)Cc4cccc(n4)C3)CC2)cc1. The number of aromatic nitrogens is 1. The summed E-state index contributed by atoms with van der Waals surface area (Å²) in [6.07, 6.45) is 6.14. The van der Waals surface area contributed by atoms with E-state index in [0.29, 0.717) is 64.3 Å². The predicted octanol–water partition coefficient (Wildman–Crippen LogP) is 3.84. The van der Waals surface area contributed by atoms with Gasteiger partial charge >= 0.3 is 0 Å². The smallest absolute Gasteiger partial charge is 0.236 e. The van der Waals surface area contributed by atoms with Crippen LogP contribution in [0.15, 0.2) is 66.7 Å². The number of anilines is 2. The van der Waals surface area contributed by atoms with Gasteiger partial charge in [-0.2, -0.15) is 0 Å². The highest BCUT2D eigenvalue weighted by Gasteiger charge is 2.26. The molecule has 49 heavy (non-hydrogen) atoms. The van der Waals surface area contributed by atoms with Crippen LogP contribution in [0.2, 0.25) is 0 Å². The summed E-state index contributed by atoms with van der Waals surface area (Å²) in [6, 6.07) is 22.4. The summed E-state index contributed by atoms with van der Waals surface area (Å²) in [5, 5.41) is 0. The molecule has 10 nitrogen and oxygen atoms in total. The van der Waals surface area contributed by atoms with Gasteiger partial charge in [0.2, 0.25) is 11.8 Å². The minimum atomic E-state index is 0.174. The second-order valence-corrected chi connectivity index (χ2v) is 14.2. The molecule has 2 fully saturated rings. The van der Waals surface area contributed by atoms with Gasteiger partial charge in [-0.25, -0.2) is 0 Å². The molecule has 0 unspecified atom stereocenters. The number of amides is 2. The largest absolute Gasteiger partial charge is 0.399 e. The molecule has 0 aliphatic carbocycles. The van der Waals surface area contributed by atoms with Crippen molar-refractivity contribution >= 4 is 23.2 Å². The molecule has 0 radical (unpaired) electrons. The summed E-state index contributed by atoms with van der Waals surface area (Å²) in [4.78, 5) is 40.2. The van der Waals surface area contributed by atoms with Crippen molar-refractivity contribution in [2.24, 2.45) is 11.8 Å². The molecule has 2 amide bonds. The summed E-state index contributed by atoms with van der Waals surface area (Å²) < 4.78 is 6.07. The number of rotatable bonds is 8. The molecule has 0 spiro atoms. The molecule has 1 aromatic heterocycles. The number of piperidine rings is 2.